The molecule has 0 spiro atoms. The van der Waals surface area contributed by atoms with Crippen LogP contribution in [0.25, 0.3) is 0 Å². The maximum absolute atomic E-state index is 11.7. The molecule has 1 aromatic rings. The topological polar surface area (TPSA) is 34.9 Å². The van der Waals surface area contributed by atoms with Gasteiger partial charge in [-0.3, -0.25) is 9.48 Å². The zero-order chi connectivity index (χ0) is 9.42. The molecule has 1 heterocycles. The fraction of sp³-hybridized carbons (Fsp3) is 0.600. The van der Waals surface area contributed by atoms with Gasteiger partial charge in [0.05, 0.1) is 11.8 Å². The molecule has 1 aliphatic carbocycles. The summed E-state index contributed by atoms with van der Waals surface area (Å²) in [6.45, 7) is 1.94. The maximum Gasteiger partial charge on any atom is 0.166 e. The van der Waals surface area contributed by atoms with E-state index in [0.29, 0.717) is 12.3 Å². The van der Waals surface area contributed by atoms with Crippen LogP contribution in [0.15, 0.2) is 6.20 Å². The van der Waals surface area contributed by atoms with Crippen molar-refractivity contribution >= 4 is 5.78 Å². The molecule has 0 bridgehead atoms. The van der Waals surface area contributed by atoms with E-state index < -0.39 is 0 Å². The van der Waals surface area contributed by atoms with Crippen LogP contribution in [-0.4, -0.2) is 15.6 Å². The first-order valence-corrected chi connectivity index (χ1v) is 4.70. The van der Waals surface area contributed by atoms with E-state index in [-0.39, 0.29) is 5.78 Å². The zero-order valence-corrected chi connectivity index (χ0v) is 8.08. The number of nitrogens with zero attached hydrogens (tertiary/aromatic N) is 2. The third-order valence-corrected chi connectivity index (χ3v) is 2.71. The minimum Gasteiger partial charge on any atom is -0.294 e. The smallest absolute Gasteiger partial charge is 0.166 e. The van der Waals surface area contributed by atoms with Gasteiger partial charge >= 0.3 is 0 Å². The van der Waals surface area contributed by atoms with Gasteiger partial charge in [0.1, 0.15) is 0 Å². The number of carbonyl (C=O) groups excluding carboxylic acids is 1. The van der Waals surface area contributed by atoms with Crippen molar-refractivity contribution in [3.8, 4) is 0 Å². The Bertz CT molecular complexity index is 337. The summed E-state index contributed by atoms with van der Waals surface area (Å²) in [7, 11) is 1.86. The average molecular weight is 178 g/mol. The second-order valence-electron chi connectivity index (χ2n) is 3.84. The number of aryl methyl sites for hydroxylation is 1. The highest BCUT2D eigenvalue weighted by molar-refractivity contribution is 5.97. The van der Waals surface area contributed by atoms with Crippen LogP contribution in [0.1, 0.15) is 35.3 Å². The van der Waals surface area contributed by atoms with Crippen LogP contribution in [0.5, 0.6) is 0 Å². The standard InChI is InChI=1S/C10H14N2O/c1-7-9(6-11-12(7)2)10(13)5-8-3-4-8/h6,8H,3-5H2,1-2H3. The monoisotopic (exact) mass is 178 g/mol. The molecule has 0 atom stereocenters. The summed E-state index contributed by atoms with van der Waals surface area (Å²) in [5.74, 6) is 0.917. The van der Waals surface area contributed by atoms with Gasteiger partial charge in [-0.15, -0.1) is 0 Å². The van der Waals surface area contributed by atoms with E-state index in [4.69, 9.17) is 0 Å². The van der Waals surface area contributed by atoms with Crippen molar-refractivity contribution in [3.63, 3.8) is 0 Å². The quantitative estimate of drug-likeness (QED) is 0.660. The molecule has 70 valence electrons. The predicted octanol–water partition coefficient (Wildman–Crippen LogP) is 1.71. The van der Waals surface area contributed by atoms with Gasteiger partial charge in [-0.2, -0.15) is 5.10 Å². The molecule has 1 aromatic heterocycles. The molecule has 1 saturated carbocycles. The Labute approximate surface area is 77.7 Å². The van der Waals surface area contributed by atoms with Crippen molar-refractivity contribution in [2.45, 2.75) is 26.2 Å². The van der Waals surface area contributed by atoms with Gasteiger partial charge in [-0.1, -0.05) is 0 Å². The lowest BCUT2D eigenvalue weighted by Gasteiger charge is -1.98. The minimum atomic E-state index is 0.258. The predicted molar refractivity (Wildman–Crippen MR) is 49.6 cm³/mol. The third kappa shape index (κ3) is 1.64. The highest BCUT2D eigenvalue weighted by Crippen LogP contribution is 2.33. The van der Waals surface area contributed by atoms with Crippen LogP contribution in [0.3, 0.4) is 0 Å². The van der Waals surface area contributed by atoms with Gasteiger partial charge in [-0.25, -0.2) is 0 Å². The lowest BCUT2D eigenvalue weighted by molar-refractivity contribution is 0.0975. The van der Waals surface area contributed by atoms with E-state index in [2.05, 4.69) is 5.10 Å². The van der Waals surface area contributed by atoms with Crippen LogP contribution >= 0.6 is 0 Å². The number of hydrogen-bond acceptors (Lipinski definition) is 2. The van der Waals surface area contributed by atoms with Crippen LogP contribution in [-0.2, 0) is 7.05 Å². The van der Waals surface area contributed by atoms with Crippen molar-refractivity contribution in [2.24, 2.45) is 13.0 Å². The molecule has 0 radical (unpaired) electrons. The second-order valence-corrected chi connectivity index (χ2v) is 3.84. The van der Waals surface area contributed by atoms with Gasteiger partial charge in [-0.05, 0) is 25.7 Å². The molecule has 3 heteroatoms. The van der Waals surface area contributed by atoms with Crippen molar-refractivity contribution in [2.75, 3.05) is 0 Å². The number of hydrogen-bond donors (Lipinski definition) is 0. The average Bonchev–Trinajstić information content (AvgIpc) is 2.82. The molecule has 0 unspecified atom stereocenters. The third-order valence-electron chi connectivity index (χ3n) is 2.71. The van der Waals surface area contributed by atoms with E-state index in [1.54, 1.807) is 10.9 Å². The van der Waals surface area contributed by atoms with Gasteiger partial charge in [0.2, 0.25) is 0 Å². The number of carbonyl (C=O) groups is 1. The lowest BCUT2D eigenvalue weighted by atomic mass is 10.1. The Morgan fingerprint density at radius 2 is 2.38 bits per heavy atom. The fourth-order valence-corrected chi connectivity index (χ4v) is 1.47. The first kappa shape index (κ1) is 8.48. The second kappa shape index (κ2) is 2.98. The molecular weight excluding hydrogens is 164 g/mol. The molecule has 0 saturated heterocycles. The van der Waals surface area contributed by atoms with Crippen molar-refractivity contribution in [1.29, 1.82) is 0 Å². The first-order chi connectivity index (χ1) is 6.18. The number of ketones is 1. The summed E-state index contributed by atoms with van der Waals surface area (Å²) in [6, 6.07) is 0. The summed E-state index contributed by atoms with van der Waals surface area (Å²) < 4.78 is 1.75. The lowest BCUT2D eigenvalue weighted by Crippen LogP contribution is -2.02. The molecule has 1 fully saturated rings. The molecule has 3 nitrogen and oxygen atoms in total. The molecule has 13 heavy (non-hydrogen) atoms. The van der Waals surface area contributed by atoms with Crippen molar-refractivity contribution in [3.05, 3.63) is 17.5 Å². The van der Waals surface area contributed by atoms with Crippen molar-refractivity contribution < 1.29 is 4.79 Å². The maximum atomic E-state index is 11.7. The minimum absolute atomic E-state index is 0.258. The fourth-order valence-electron chi connectivity index (χ4n) is 1.47. The zero-order valence-electron chi connectivity index (χ0n) is 8.08. The SMILES string of the molecule is Cc1c(C(=O)CC2CC2)cnn1C. The summed E-state index contributed by atoms with van der Waals surface area (Å²) in [5, 5.41) is 4.06. The molecule has 0 aromatic carbocycles. The van der Waals surface area contributed by atoms with E-state index in [0.717, 1.165) is 11.3 Å². The Morgan fingerprint density at radius 1 is 1.69 bits per heavy atom. The summed E-state index contributed by atoms with van der Waals surface area (Å²) >= 11 is 0. The molecular formula is C10H14N2O. The summed E-state index contributed by atoms with van der Waals surface area (Å²) in [4.78, 5) is 11.7. The molecule has 0 aliphatic heterocycles. The Kier molecular flexibility index (Phi) is 1.94. The number of Topliss-reactive ketones (excluding diaryl/α,β-unsaturated/α-hetero) is 1. The van der Waals surface area contributed by atoms with Crippen LogP contribution in [0.2, 0.25) is 0 Å². The highest BCUT2D eigenvalue weighted by Gasteiger charge is 2.26. The Hall–Kier alpha value is -1.12. The Balaban J connectivity index is 2.14. The van der Waals surface area contributed by atoms with Crippen molar-refractivity contribution in [1.82, 2.24) is 9.78 Å². The van der Waals surface area contributed by atoms with Crippen LogP contribution < -0.4 is 0 Å². The summed E-state index contributed by atoms with van der Waals surface area (Å²) in [5.41, 5.74) is 1.78. The van der Waals surface area contributed by atoms with E-state index in [9.17, 15) is 4.79 Å². The molecule has 1 aliphatic rings. The van der Waals surface area contributed by atoms with Crippen LogP contribution in [0.4, 0.5) is 0 Å². The van der Waals surface area contributed by atoms with Gasteiger partial charge < -0.3 is 0 Å². The van der Waals surface area contributed by atoms with E-state index in [1.165, 1.54) is 12.8 Å². The summed E-state index contributed by atoms with van der Waals surface area (Å²) in [6.07, 6.45) is 4.85. The van der Waals surface area contributed by atoms with Gasteiger partial charge in [0, 0.05) is 19.2 Å². The van der Waals surface area contributed by atoms with E-state index in [1.807, 2.05) is 14.0 Å². The molecule has 2 rings (SSSR count). The van der Waals surface area contributed by atoms with Gasteiger partial charge in [0.15, 0.2) is 5.78 Å². The van der Waals surface area contributed by atoms with E-state index >= 15 is 0 Å². The largest absolute Gasteiger partial charge is 0.294 e. The van der Waals surface area contributed by atoms with Crippen LogP contribution in [0, 0.1) is 12.8 Å². The first-order valence-electron chi connectivity index (χ1n) is 4.70. The Morgan fingerprint density at radius 3 is 2.85 bits per heavy atom. The number of aromatic nitrogens is 2. The normalized spacial score (nSPS) is 16.2. The number of rotatable bonds is 3. The molecule has 0 N–H and O–H groups in total. The van der Waals surface area contributed by atoms with Gasteiger partial charge in [0.25, 0.3) is 0 Å². The molecule has 0 amide bonds. The highest BCUT2D eigenvalue weighted by atomic mass is 16.1.